The Morgan fingerprint density at radius 1 is 0.780 bits per heavy atom. The Hall–Kier alpha value is -3.76. The van der Waals surface area contributed by atoms with Crippen LogP contribution in [-0.4, -0.2) is 34.8 Å². The van der Waals surface area contributed by atoms with Crippen LogP contribution in [-0.2, 0) is 19.5 Å². The van der Waals surface area contributed by atoms with Crippen LogP contribution in [0, 0.1) is 5.82 Å². The van der Waals surface area contributed by atoms with E-state index in [1.54, 1.807) is 12.1 Å². The molecular weight excluding hydrogens is 507 g/mol. The van der Waals surface area contributed by atoms with Crippen molar-refractivity contribution in [2.24, 2.45) is 0 Å². The van der Waals surface area contributed by atoms with Crippen LogP contribution in [0.4, 0.5) is 4.39 Å². The van der Waals surface area contributed by atoms with Gasteiger partial charge in [0.2, 0.25) is 0 Å². The van der Waals surface area contributed by atoms with Crippen LogP contribution in [0.5, 0.6) is 0 Å². The molecule has 0 saturated carbocycles. The number of unbranched alkanes of at least 4 members (excludes halogenated alkanes) is 2. The number of amides is 1. The standard InChI is InChI=1S/C37H41FN2O/c1-2-3-5-10-29-15-21-33(22-16-29)37(41)40(34-23-25-39(26-24-34)27-30-11-6-4-7-12-30)28-31-17-19-32(20-18-31)35-13-8-9-14-36(35)38/h4,6-9,11-22,34H,2-3,5,10,23-28H2,1H3. The zero-order valence-electron chi connectivity index (χ0n) is 24.1. The lowest BCUT2D eigenvalue weighted by Gasteiger charge is -2.39. The van der Waals surface area contributed by atoms with E-state index in [0.29, 0.717) is 12.1 Å². The molecule has 4 aromatic carbocycles. The molecule has 4 heteroatoms. The zero-order chi connectivity index (χ0) is 28.4. The SMILES string of the molecule is CCCCCc1ccc(C(=O)N(Cc2ccc(-c3ccccc3F)cc2)C2CCN(Cc3ccccc3)CC2)cc1. The van der Waals surface area contributed by atoms with Crippen LogP contribution < -0.4 is 0 Å². The van der Waals surface area contributed by atoms with Gasteiger partial charge in [0.25, 0.3) is 5.91 Å². The van der Waals surface area contributed by atoms with Crippen molar-refractivity contribution in [2.75, 3.05) is 13.1 Å². The minimum absolute atomic E-state index is 0.0878. The second kappa shape index (κ2) is 14.2. The van der Waals surface area contributed by atoms with Crippen molar-refractivity contribution < 1.29 is 9.18 Å². The number of nitrogens with zero attached hydrogens (tertiary/aromatic N) is 2. The molecular formula is C37H41FN2O. The molecule has 0 aromatic heterocycles. The average molecular weight is 549 g/mol. The molecule has 0 atom stereocenters. The molecule has 0 unspecified atom stereocenters. The van der Waals surface area contributed by atoms with Gasteiger partial charge < -0.3 is 4.90 Å². The van der Waals surface area contributed by atoms with Gasteiger partial charge in [0.15, 0.2) is 0 Å². The van der Waals surface area contributed by atoms with E-state index in [1.165, 1.54) is 36.5 Å². The highest BCUT2D eigenvalue weighted by molar-refractivity contribution is 5.94. The molecule has 4 aromatic rings. The van der Waals surface area contributed by atoms with Crippen molar-refractivity contribution in [1.82, 2.24) is 9.80 Å². The van der Waals surface area contributed by atoms with Gasteiger partial charge in [-0.1, -0.05) is 105 Å². The summed E-state index contributed by atoms with van der Waals surface area (Å²) in [5.74, 6) is -0.137. The quantitative estimate of drug-likeness (QED) is 0.175. The van der Waals surface area contributed by atoms with E-state index in [2.05, 4.69) is 59.2 Å². The summed E-state index contributed by atoms with van der Waals surface area (Å²) >= 11 is 0. The fourth-order valence-corrected chi connectivity index (χ4v) is 5.84. The predicted octanol–water partition coefficient (Wildman–Crippen LogP) is 8.53. The van der Waals surface area contributed by atoms with Crippen LogP contribution >= 0.6 is 0 Å². The number of hydrogen-bond donors (Lipinski definition) is 0. The Bertz CT molecular complexity index is 1380. The molecule has 1 amide bonds. The van der Waals surface area contributed by atoms with Gasteiger partial charge in [-0.3, -0.25) is 9.69 Å². The Kier molecular flexibility index (Phi) is 9.98. The van der Waals surface area contributed by atoms with E-state index in [4.69, 9.17) is 0 Å². The van der Waals surface area contributed by atoms with Crippen molar-refractivity contribution in [3.05, 3.63) is 131 Å². The van der Waals surface area contributed by atoms with E-state index < -0.39 is 0 Å². The van der Waals surface area contributed by atoms with Crippen LogP contribution in [0.3, 0.4) is 0 Å². The molecule has 1 aliphatic rings. The highest BCUT2D eigenvalue weighted by atomic mass is 19.1. The highest BCUT2D eigenvalue weighted by Gasteiger charge is 2.29. The number of rotatable bonds is 11. The fourth-order valence-electron chi connectivity index (χ4n) is 5.84. The molecule has 0 radical (unpaired) electrons. The van der Waals surface area contributed by atoms with Crippen molar-refractivity contribution in [2.45, 2.75) is 64.6 Å². The first kappa shape index (κ1) is 28.8. The molecule has 1 aliphatic heterocycles. The second-order valence-corrected chi connectivity index (χ2v) is 11.3. The first-order valence-corrected chi connectivity index (χ1v) is 15.1. The molecule has 1 saturated heterocycles. The Morgan fingerprint density at radius 2 is 1.44 bits per heavy atom. The second-order valence-electron chi connectivity index (χ2n) is 11.3. The molecule has 0 aliphatic carbocycles. The van der Waals surface area contributed by atoms with Gasteiger partial charge in [0, 0.05) is 43.3 Å². The van der Waals surface area contributed by atoms with Crippen molar-refractivity contribution in [3.63, 3.8) is 0 Å². The van der Waals surface area contributed by atoms with Gasteiger partial charge in [-0.05, 0) is 66.1 Å². The van der Waals surface area contributed by atoms with Crippen molar-refractivity contribution in [1.29, 1.82) is 0 Å². The maximum atomic E-state index is 14.3. The number of hydrogen-bond acceptors (Lipinski definition) is 2. The van der Waals surface area contributed by atoms with Crippen LogP contribution in [0.25, 0.3) is 11.1 Å². The first-order valence-electron chi connectivity index (χ1n) is 15.1. The topological polar surface area (TPSA) is 23.6 Å². The third-order valence-corrected chi connectivity index (χ3v) is 8.27. The lowest BCUT2D eigenvalue weighted by Crippen LogP contribution is -2.46. The summed E-state index contributed by atoms with van der Waals surface area (Å²) in [5.41, 5.74) is 5.86. The van der Waals surface area contributed by atoms with E-state index in [0.717, 1.165) is 55.6 Å². The third kappa shape index (κ3) is 7.71. The largest absolute Gasteiger partial charge is 0.331 e. The van der Waals surface area contributed by atoms with Crippen LogP contribution in [0.2, 0.25) is 0 Å². The number of carbonyl (C=O) groups excluding carboxylic acids is 1. The maximum Gasteiger partial charge on any atom is 0.254 e. The van der Waals surface area contributed by atoms with Gasteiger partial charge in [-0.15, -0.1) is 0 Å². The smallest absolute Gasteiger partial charge is 0.254 e. The van der Waals surface area contributed by atoms with E-state index in [1.807, 2.05) is 42.5 Å². The lowest BCUT2D eigenvalue weighted by atomic mass is 9.98. The summed E-state index contributed by atoms with van der Waals surface area (Å²) < 4.78 is 14.3. The molecule has 0 spiro atoms. The highest BCUT2D eigenvalue weighted by Crippen LogP contribution is 2.26. The average Bonchev–Trinajstić information content (AvgIpc) is 3.02. The Labute approximate surface area is 244 Å². The molecule has 0 N–H and O–H groups in total. The first-order chi connectivity index (χ1) is 20.1. The molecule has 3 nitrogen and oxygen atoms in total. The van der Waals surface area contributed by atoms with Gasteiger partial charge in [0.1, 0.15) is 5.82 Å². The van der Waals surface area contributed by atoms with E-state index in [9.17, 15) is 9.18 Å². The van der Waals surface area contributed by atoms with Gasteiger partial charge in [0.05, 0.1) is 0 Å². The van der Waals surface area contributed by atoms with Crippen molar-refractivity contribution in [3.8, 4) is 11.1 Å². The Balaban J connectivity index is 1.31. The summed E-state index contributed by atoms with van der Waals surface area (Å²) in [6.45, 7) is 5.63. The molecule has 41 heavy (non-hydrogen) atoms. The van der Waals surface area contributed by atoms with Crippen LogP contribution in [0.1, 0.15) is 66.1 Å². The molecule has 1 fully saturated rings. The van der Waals surface area contributed by atoms with Gasteiger partial charge in [-0.2, -0.15) is 0 Å². The minimum atomic E-state index is -0.225. The summed E-state index contributed by atoms with van der Waals surface area (Å²) in [4.78, 5) is 18.6. The number of likely N-dealkylation sites (tertiary alicyclic amines) is 1. The summed E-state index contributed by atoms with van der Waals surface area (Å²) in [7, 11) is 0. The summed E-state index contributed by atoms with van der Waals surface area (Å²) in [6.07, 6.45) is 6.56. The van der Waals surface area contributed by atoms with Crippen LogP contribution in [0.15, 0.2) is 103 Å². The molecule has 1 heterocycles. The number of carbonyl (C=O) groups is 1. The lowest BCUT2D eigenvalue weighted by molar-refractivity contribution is 0.0543. The van der Waals surface area contributed by atoms with Gasteiger partial charge in [-0.25, -0.2) is 4.39 Å². The molecule has 212 valence electrons. The number of benzene rings is 4. The Morgan fingerprint density at radius 3 is 2.12 bits per heavy atom. The predicted molar refractivity (Wildman–Crippen MR) is 166 cm³/mol. The van der Waals surface area contributed by atoms with E-state index >= 15 is 0 Å². The number of piperidine rings is 1. The monoisotopic (exact) mass is 548 g/mol. The third-order valence-electron chi connectivity index (χ3n) is 8.27. The minimum Gasteiger partial charge on any atom is -0.331 e. The fraction of sp³-hybridized carbons (Fsp3) is 0.324. The zero-order valence-corrected chi connectivity index (χ0v) is 24.1. The summed E-state index contributed by atoms with van der Waals surface area (Å²) in [6, 6.07) is 33.8. The number of aryl methyl sites for hydroxylation is 1. The molecule has 0 bridgehead atoms. The number of halogens is 1. The van der Waals surface area contributed by atoms with E-state index in [-0.39, 0.29) is 17.8 Å². The van der Waals surface area contributed by atoms with Crippen molar-refractivity contribution >= 4 is 5.91 Å². The maximum absolute atomic E-state index is 14.3. The molecule has 5 rings (SSSR count). The normalized spacial score (nSPS) is 14.2. The summed E-state index contributed by atoms with van der Waals surface area (Å²) in [5, 5.41) is 0. The van der Waals surface area contributed by atoms with Gasteiger partial charge >= 0.3 is 0 Å².